The van der Waals surface area contributed by atoms with Gasteiger partial charge in [-0.3, -0.25) is 14.7 Å². The Hall–Kier alpha value is -1.46. The monoisotopic (exact) mass is 262 g/mol. The molecule has 0 spiro atoms. The van der Waals surface area contributed by atoms with Crippen molar-refractivity contribution in [3.05, 3.63) is 29.6 Å². The first kappa shape index (κ1) is 14.0. The third-order valence-corrected chi connectivity index (χ3v) is 3.61. The molecule has 1 fully saturated rings. The first-order chi connectivity index (χ1) is 9.22. The van der Waals surface area contributed by atoms with Crippen molar-refractivity contribution in [3.8, 4) is 0 Å². The maximum Gasteiger partial charge on any atom is 0.252 e. The van der Waals surface area contributed by atoms with Crippen molar-refractivity contribution in [2.45, 2.75) is 13.5 Å². The summed E-state index contributed by atoms with van der Waals surface area (Å²) < 4.78 is 0. The van der Waals surface area contributed by atoms with E-state index in [1.54, 1.807) is 13.2 Å². The number of carbonyl (C=O) groups is 1. The number of likely N-dealkylation sites (N-methyl/N-ethyl adjacent to an activating group) is 1. The second-order valence-electron chi connectivity index (χ2n) is 4.83. The molecule has 5 nitrogen and oxygen atoms in total. The van der Waals surface area contributed by atoms with Gasteiger partial charge in [0.2, 0.25) is 0 Å². The van der Waals surface area contributed by atoms with Crippen LogP contribution in [0.25, 0.3) is 0 Å². The highest BCUT2D eigenvalue weighted by Gasteiger charge is 2.15. The third-order valence-electron chi connectivity index (χ3n) is 3.61. The zero-order chi connectivity index (χ0) is 13.7. The summed E-state index contributed by atoms with van der Waals surface area (Å²) in [5.74, 6) is -0.0874. The van der Waals surface area contributed by atoms with Gasteiger partial charge in [0.25, 0.3) is 5.91 Å². The minimum atomic E-state index is -0.0874. The molecule has 1 aliphatic heterocycles. The Morgan fingerprint density at radius 2 is 1.95 bits per heavy atom. The smallest absolute Gasteiger partial charge is 0.252 e. The Labute approximate surface area is 114 Å². The van der Waals surface area contributed by atoms with Gasteiger partial charge in [-0.1, -0.05) is 6.92 Å². The third kappa shape index (κ3) is 3.75. The van der Waals surface area contributed by atoms with E-state index in [9.17, 15) is 4.79 Å². The first-order valence-corrected chi connectivity index (χ1v) is 6.84. The van der Waals surface area contributed by atoms with Gasteiger partial charge in [-0.15, -0.1) is 0 Å². The summed E-state index contributed by atoms with van der Waals surface area (Å²) in [5.41, 5.74) is 1.64. The van der Waals surface area contributed by atoms with E-state index < -0.39 is 0 Å². The summed E-state index contributed by atoms with van der Waals surface area (Å²) in [6.07, 6.45) is 1.65. The van der Waals surface area contributed by atoms with Gasteiger partial charge in [0.05, 0.1) is 11.3 Å². The Morgan fingerprint density at radius 1 is 1.26 bits per heavy atom. The van der Waals surface area contributed by atoms with Crippen LogP contribution in [0.3, 0.4) is 0 Å². The van der Waals surface area contributed by atoms with Gasteiger partial charge in [-0.25, -0.2) is 0 Å². The lowest BCUT2D eigenvalue weighted by molar-refractivity contribution is 0.0962. The predicted octanol–water partition coefficient (Wildman–Crippen LogP) is 0.579. The van der Waals surface area contributed by atoms with Crippen molar-refractivity contribution in [2.75, 3.05) is 39.8 Å². The molecule has 19 heavy (non-hydrogen) atoms. The van der Waals surface area contributed by atoms with Crippen LogP contribution in [-0.4, -0.2) is 60.5 Å². The van der Waals surface area contributed by atoms with Gasteiger partial charge in [0.1, 0.15) is 0 Å². The number of carbonyl (C=O) groups excluding carboxylic acids is 1. The van der Waals surface area contributed by atoms with Gasteiger partial charge >= 0.3 is 0 Å². The largest absolute Gasteiger partial charge is 0.355 e. The number of piperazine rings is 1. The molecule has 1 N–H and O–H groups in total. The summed E-state index contributed by atoms with van der Waals surface area (Å²) >= 11 is 0. The Bertz CT molecular complexity index is 410. The summed E-state index contributed by atoms with van der Waals surface area (Å²) in [5, 5.41) is 2.60. The number of aromatic nitrogens is 1. The first-order valence-electron chi connectivity index (χ1n) is 6.84. The van der Waals surface area contributed by atoms with E-state index in [1.165, 1.54) is 0 Å². The van der Waals surface area contributed by atoms with Gasteiger partial charge in [0, 0.05) is 46.0 Å². The summed E-state index contributed by atoms with van der Waals surface area (Å²) in [6.45, 7) is 8.65. The van der Waals surface area contributed by atoms with E-state index in [4.69, 9.17) is 0 Å². The second kappa shape index (κ2) is 6.63. The molecule has 0 unspecified atom stereocenters. The highest BCUT2D eigenvalue weighted by molar-refractivity contribution is 5.93. The molecule has 0 aromatic carbocycles. The number of nitrogens with one attached hydrogen (secondary N) is 1. The van der Waals surface area contributed by atoms with Gasteiger partial charge in [0.15, 0.2) is 0 Å². The zero-order valence-electron chi connectivity index (χ0n) is 11.7. The number of hydrogen-bond donors (Lipinski definition) is 1. The van der Waals surface area contributed by atoms with Crippen molar-refractivity contribution in [1.82, 2.24) is 20.1 Å². The topological polar surface area (TPSA) is 48.5 Å². The SMILES string of the molecule is CCN1CCN(Cc2ccc(C(=O)NC)cn2)CC1. The number of amides is 1. The molecule has 0 aliphatic carbocycles. The average molecular weight is 262 g/mol. The molecule has 1 aromatic heterocycles. The maximum absolute atomic E-state index is 11.4. The summed E-state index contributed by atoms with van der Waals surface area (Å²) in [7, 11) is 1.63. The van der Waals surface area contributed by atoms with Crippen LogP contribution in [0.4, 0.5) is 0 Å². The van der Waals surface area contributed by atoms with Crippen LogP contribution in [0.15, 0.2) is 18.3 Å². The molecule has 1 amide bonds. The Morgan fingerprint density at radius 3 is 2.47 bits per heavy atom. The molecule has 2 rings (SSSR count). The van der Waals surface area contributed by atoms with Crippen molar-refractivity contribution >= 4 is 5.91 Å². The molecule has 0 radical (unpaired) electrons. The lowest BCUT2D eigenvalue weighted by Crippen LogP contribution is -2.45. The van der Waals surface area contributed by atoms with E-state index in [1.807, 2.05) is 12.1 Å². The summed E-state index contributed by atoms with van der Waals surface area (Å²) in [6, 6.07) is 3.78. The highest BCUT2D eigenvalue weighted by atomic mass is 16.1. The van der Waals surface area contributed by atoms with Crippen molar-refractivity contribution in [3.63, 3.8) is 0 Å². The molecule has 0 bridgehead atoms. The summed E-state index contributed by atoms with van der Waals surface area (Å²) in [4.78, 5) is 20.6. The van der Waals surface area contributed by atoms with E-state index in [2.05, 4.69) is 27.0 Å². The fourth-order valence-corrected chi connectivity index (χ4v) is 2.29. The molecule has 104 valence electrons. The van der Waals surface area contributed by atoms with Crippen molar-refractivity contribution < 1.29 is 4.79 Å². The maximum atomic E-state index is 11.4. The number of nitrogens with zero attached hydrogens (tertiary/aromatic N) is 3. The van der Waals surface area contributed by atoms with Crippen LogP contribution >= 0.6 is 0 Å². The van der Waals surface area contributed by atoms with E-state index in [-0.39, 0.29) is 5.91 Å². The molecular weight excluding hydrogens is 240 g/mol. The minimum absolute atomic E-state index is 0.0874. The van der Waals surface area contributed by atoms with Gasteiger partial charge < -0.3 is 10.2 Å². The second-order valence-corrected chi connectivity index (χ2v) is 4.83. The van der Waals surface area contributed by atoms with Crippen LogP contribution in [-0.2, 0) is 6.54 Å². The van der Waals surface area contributed by atoms with E-state index >= 15 is 0 Å². The molecule has 1 aliphatic rings. The molecule has 0 atom stereocenters. The Balaban J connectivity index is 1.88. The molecule has 1 aromatic rings. The van der Waals surface area contributed by atoms with Crippen LogP contribution in [0.2, 0.25) is 0 Å². The fourth-order valence-electron chi connectivity index (χ4n) is 2.29. The van der Waals surface area contributed by atoms with Gasteiger partial charge in [-0.2, -0.15) is 0 Å². The molecular formula is C14H22N4O. The quantitative estimate of drug-likeness (QED) is 0.862. The highest BCUT2D eigenvalue weighted by Crippen LogP contribution is 2.07. The lowest BCUT2D eigenvalue weighted by atomic mass is 10.2. The number of pyridine rings is 1. The van der Waals surface area contributed by atoms with Crippen LogP contribution in [0.5, 0.6) is 0 Å². The minimum Gasteiger partial charge on any atom is -0.355 e. The normalized spacial score (nSPS) is 17.4. The number of hydrogen-bond acceptors (Lipinski definition) is 4. The van der Waals surface area contributed by atoms with Crippen LogP contribution in [0, 0.1) is 0 Å². The van der Waals surface area contributed by atoms with Crippen LogP contribution < -0.4 is 5.32 Å². The van der Waals surface area contributed by atoms with Crippen LogP contribution in [0.1, 0.15) is 23.0 Å². The fraction of sp³-hybridized carbons (Fsp3) is 0.571. The molecule has 1 saturated heterocycles. The lowest BCUT2D eigenvalue weighted by Gasteiger charge is -2.33. The molecule has 2 heterocycles. The zero-order valence-corrected chi connectivity index (χ0v) is 11.7. The van der Waals surface area contributed by atoms with E-state index in [0.717, 1.165) is 45.0 Å². The van der Waals surface area contributed by atoms with Gasteiger partial charge in [-0.05, 0) is 18.7 Å². The molecule has 5 heteroatoms. The standard InChI is InChI=1S/C14H22N4O/c1-3-17-6-8-18(9-7-17)11-13-5-4-12(10-16-13)14(19)15-2/h4-5,10H,3,6-9,11H2,1-2H3,(H,15,19). The molecule has 0 saturated carbocycles. The van der Waals surface area contributed by atoms with E-state index in [0.29, 0.717) is 5.56 Å². The predicted molar refractivity (Wildman–Crippen MR) is 75.0 cm³/mol. The number of rotatable bonds is 4. The van der Waals surface area contributed by atoms with Crippen molar-refractivity contribution in [1.29, 1.82) is 0 Å². The average Bonchev–Trinajstić information content (AvgIpc) is 2.48. The Kier molecular flexibility index (Phi) is 4.87. The van der Waals surface area contributed by atoms with Crippen molar-refractivity contribution in [2.24, 2.45) is 0 Å².